The summed E-state index contributed by atoms with van der Waals surface area (Å²) in [6.07, 6.45) is 7.66. The molecular weight excluding hydrogens is 380 g/mol. The fourth-order valence-corrected chi connectivity index (χ4v) is 3.85. The molecule has 4 rings (SSSR count). The van der Waals surface area contributed by atoms with Crippen molar-refractivity contribution in [3.8, 4) is 17.0 Å². The third-order valence-electron chi connectivity index (χ3n) is 5.43. The van der Waals surface area contributed by atoms with Gasteiger partial charge in [-0.25, -0.2) is 9.97 Å². The zero-order valence-electron chi connectivity index (χ0n) is 17.8. The third kappa shape index (κ3) is 4.31. The number of nitrogens with one attached hydrogen (secondary N) is 1. The minimum Gasteiger partial charge on any atom is -0.467 e. The highest BCUT2D eigenvalue weighted by atomic mass is 16.7. The summed E-state index contributed by atoms with van der Waals surface area (Å²) >= 11 is 0. The zero-order chi connectivity index (χ0) is 21.1. The number of carbonyl (C=O) groups is 1. The van der Waals surface area contributed by atoms with Crippen molar-refractivity contribution in [2.45, 2.75) is 33.1 Å². The number of rotatable bonds is 8. The van der Waals surface area contributed by atoms with Gasteiger partial charge in [-0.1, -0.05) is 13.8 Å². The standard InChI is InChI=1S/C23H28N4O3/c1-23(2,14-28)11-17-12-24-22-21(17)26-20(13-25-22)16-8-18(27-6-4-5-7-27)10-19(9-16)30-15-29-3/h8-10,12-14H,4-7,11,15H2,1-3H3,(H,24,25). The van der Waals surface area contributed by atoms with E-state index in [0.717, 1.165) is 58.8 Å². The lowest BCUT2D eigenvalue weighted by molar-refractivity contribution is -0.114. The number of hydrogen-bond donors (Lipinski definition) is 1. The predicted molar refractivity (Wildman–Crippen MR) is 117 cm³/mol. The molecule has 0 atom stereocenters. The predicted octanol–water partition coefficient (Wildman–Crippen LogP) is 3.98. The van der Waals surface area contributed by atoms with Gasteiger partial charge in [0.25, 0.3) is 0 Å². The second kappa shape index (κ2) is 8.44. The number of methoxy groups -OCH3 is 1. The number of aldehydes is 1. The van der Waals surface area contributed by atoms with E-state index in [4.69, 9.17) is 14.5 Å². The minimum atomic E-state index is -0.455. The van der Waals surface area contributed by atoms with Crippen molar-refractivity contribution in [3.05, 3.63) is 36.2 Å². The Balaban J connectivity index is 1.74. The zero-order valence-corrected chi connectivity index (χ0v) is 17.8. The maximum absolute atomic E-state index is 11.4. The van der Waals surface area contributed by atoms with Crippen LogP contribution in [0.2, 0.25) is 0 Å². The number of H-pyrrole nitrogens is 1. The van der Waals surface area contributed by atoms with Crippen LogP contribution in [0.1, 0.15) is 32.3 Å². The van der Waals surface area contributed by atoms with Crippen LogP contribution in [-0.2, 0) is 16.0 Å². The molecule has 1 N–H and O–H groups in total. The van der Waals surface area contributed by atoms with Crippen molar-refractivity contribution in [3.63, 3.8) is 0 Å². The highest BCUT2D eigenvalue weighted by molar-refractivity contribution is 5.79. The monoisotopic (exact) mass is 408 g/mol. The number of aromatic nitrogens is 3. The molecule has 2 aromatic heterocycles. The van der Waals surface area contributed by atoms with Crippen molar-refractivity contribution in [1.29, 1.82) is 0 Å². The largest absolute Gasteiger partial charge is 0.467 e. The number of ether oxygens (including phenoxy) is 2. The summed E-state index contributed by atoms with van der Waals surface area (Å²) in [5.41, 5.74) is 4.90. The molecule has 0 amide bonds. The Bertz CT molecular complexity index is 1040. The van der Waals surface area contributed by atoms with Crippen molar-refractivity contribution in [2.75, 3.05) is 31.9 Å². The summed E-state index contributed by atoms with van der Waals surface area (Å²) in [6, 6.07) is 6.16. The summed E-state index contributed by atoms with van der Waals surface area (Å²) < 4.78 is 10.8. The fourth-order valence-electron chi connectivity index (χ4n) is 3.85. The molecule has 30 heavy (non-hydrogen) atoms. The first-order valence-electron chi connectivity index (χ1n) is 10.3. The third-order valence-corrected chi connectivity index (χ3v) is 5.43. The number of carbonyl (C=O) groups excluding carboxylic acids is 1. The molecule has 1 fully saturated rings. The Morgan fingerprint density at radius 2 is 2.03 bits per heavy atom. The summed E-state index contributed by atoms with van der Waals surface area (Å²) in [5.74, 6) is 0.745. The summed E-state index contributed by atoms with van der Waals surface area (Å²) in [5, 5.41) is 0. The molecular formula is C23H28N4O3. The molecule has 1 aromatic carbocycles. The van der Waals surface area contributed by atoms with Crippen LogP contribution in [0.3, 0.4) is 0 Å². The number of fused-ring (bicyclic) bond motifs is 1. The Morgan fingerprint density at radius 1 is 1.23 bits per heavy atom. The van der Waals surface area contributed by atoms with E-state index in [1.807, 2.05) is 32.2 Å². The van der Waals surface area contributed by atoms with Gasteiger partial charge < -0.3 is 24.2 Å². The molecule has 0 bridgehead atoms. The molecule has 7 heteroatoms. The smallest absolute Gasteiger partial charge is 0.188 e. The van der Waals surface area contributed by atoms with Gasteiger partial charge in [0.05, 0.1) is 11.9 Å². The number of benzene rings is 1. The lowest BCUT2D eigenvalue weighted by atomic mass is 9.88. The number of anilines is 1. The van der Waals surface area contributed by atoms with Crippen molar-refractivity contribution in [1.82, 2.24) is 15.0 Å². The van der Waals surface area contributed by atoms with Gasteiger partial charge in [-0.2, -0.15) is 0 Å². The number of aromatic amines is 1. The molecule has 3 heterocycles. The van der Waals surface area contributed by atoms with Crippen LogP contribution in [-0.4, -0.2) is 48.2 Å². The van der Waals surface area contributed by atoms with E-state index >= 15 is 0 Å². The summed E-state index contributed by atoms with van der Waals surface area (Å²) in [7, 11) is 1.61. The van der Waals surface area contributed by atoms with Gasteiger partial charge in [-0.15, -0.1) is 0 Å². The van der Waals surface area contributed by atoms with E-state index in [9.17, 15) is 4.79 Å². The Hall–Kier alpha value is -2.93. The van der Waals surface area contributed by atoms with Crippen LogP contribution in [0.15, 0.2) is 30.6 Å². The molecule has 0 aliphatic carbocycles. The topological polar surface area (TPSA) is 80.3 Å². The molecule has 158 valence electrons. The SMILES string of the molecule is COCOc1cc(-c2cnc3[nH]cc(CC(C)(C)C=O)c3n2)cc(N2CCCC2)c1. The van der Waals surface area contributed by atoms with E-state index in [-0.39, 0.29) is 6.79 Å². The lowest BCUT2D eigenvalue weighted by Crippen LogP contribution is -2.17. The Kier molecular flexibility index (Phi) is 5.72. The average Bonchev–Trinajstić information content (AvgIpc) is 3.42. The molecule has 7 nitrogen and oxygen atoms in total. The van der Waals surface area contributed by atoms with E-state index < -0.39 is 5.41 Å². The van der Waals surface area contributed by atoms with E-state index in [1.165, 1.54) is 12.8 Å². The Labute approximate surface area is 176 Å². The van der Waals surface area contributed by atoms with Crippen molar-refractivity contribution >= 4 is 23.1 Å². The van der Waals surface area contributed by atoms with Gasteiger partial charge >= 0.3 is 0 Å². The highest BCUT2D eigenvalue weighted by Gasteiger charge is 2.21. The first-order chi connectivity index (χ1) is 14.5. The van der Waals surface area contributed by atoms with E-state index in [2.05, 4.69) is 20.9 Å². The molecule has 0 spiro atoms. The normalized spacial score (nSPS) is 14.4. The first-order valence-corrected chi connectivity index (χ1v) is 10.3. The maximum atomic E-state index is 11.4. The molecule has 3 aromatic rings. The van der Waals surface area contributed by atoms with Crippen LogP contribution >= 0.6 is 0 Å². The van der Waals surface area contributed by atoms with Crippen LogP contribution in [0, 0.1) is 5.41 Å². The van der Waals surface area contributed by atoms with Gasteiger partial charge in [0.15, 0.2) is 12.4 Å². The van der Waals surface area contributed by atoms with Crippen LogP contribution in [0.25, 0.3) is 22.4 Å². The quantitative estimate of drug-likeness (QED) is 0.449. The van der Waals surface area contributed by atoms with Gasteiger partial charge in [-0.3, -0.25) is 0 Å². The van der Waals surface area contributed by atoms with Gasteiger partial charge in [0.2, 0.25) is 0 Å². The van der Waals surface area contributed by atoms with Gasteiger partial charge in [0.1, 0.15) is 17.6 Å². The molecule has 0 saturated carbocycles. The lowest BCUT2D eigenvalue weighted by Gasteiger charge is -2.20. The van der Waals surface area contributed by atoms with Crippen LogP contribution in [0.4, 0.5) is 5.69 Å². The minimum absolute atomic E-state index is 0.191. The molecule has 0 radical (unpaired) electrons. The highest BCUT2D eigenvalue weighted by Crippen LogP contribution is 2.32. The van der Waals surface area contributed by atoms with Crippen LogP contribution < -0.4 is 9.64 Å². The van der Waals surface area contributed by atoms with E-state index in [0.29, 0.717) is 6.42 Å². The van der Waals surface area contributed by atoms with Gasteiger partial charge in [0, 0.05) is 49.1 Å². The second-order valence-corrected chi connectivity index (χ2v) is 8.51. The Morgan fingerprint density at radius 3 is 2.77 bits per heavy atom. The molecule has 0 unspecified atom stereocenters. The second-order valence-electron chi connectivity index (χ2n) is 8.51. The summed E-state index contributed by atoms with van der Waals surface area (Å²) in [6.45, 7) is 6.13. The first kappa shape index (κ1) is 20.3. The molecule has 1 aliphatic rings. The number of nitrogens with zero attached hydrogens (tertiary/aromatic N) is 3. The fraction of sp³-hybridized carbons (Fsp3) is 0.435. The maximum Gasteiger partial charge on any atom is 0.188 e. The summed E-state index contributed by atoms with van der Waals surface area (Å²) in [4.78, 5) is 26.4. The van der Waals surface area contributed by atoms with E-state index in [1.54, 1.807) is 13.3 Å². The van der Waals surface area contributed by atoms with Crippen molar-refractivity contribution < 1.29 is 14.3 Å². The van der Waals surface area contributed by atoms with Crippen LogP contribution in [0.5, 0.6) is 5.75 Å². The molecule has 1 aliphatic heterocycles. The number of hydrogen-bond acceptors (Lipinski definition) is 6. The van der Waals surface area contributed by atoms with Gasteiger partial charge in [-0.05, 0) is 37.0 Å². The van der Waals surface area contributed by atoms with Crippen molar-refractivity contribution in [2.24, 2.45) is 5.41 Å². The average molecular weight is 409 g/mol. The molecule has 1 saturated heterocycles.